The first kappa shape index (κ1) is 22.0. The number of carboxylic acid groups (broad SMARTS) is 2. The highest BCUT2D eigenvalue weighted by molar-refractivity contribution is 7.08. The zero-order valence-electron chi connectivity index (χ0n) is 16.2. The van der Waals surface area contributed by atoms with Crippen molar-refractivity contribution in [2.75, 3.05) is 13.1 Å². The maximum absolute atomic E-state index is 9.64. The summed E-state index contributed by atoms with van der Waals surface area (Å²) in [4.78, 5) is 19.3. The van der Waals surface area contributed by atoms with Crippen molar-refractivity contribution in [1.82, 2.24) is 15.1 Å². The van der Waals surface area contributed by atoms with Gasteiger partial charge in [0.1, 0.15) is 0 Å². The van der Waals surface area contributed by atoms with E-state index in [0.717, 1.165) is 42.3 Å². The van der Waals surface area contributed by atoms with Crippen molar-refractivity contribution in [2.24, 2.45) is 0 Å². The molecule has 1 aliphatic heterocycles. The first-order chi connectivity index (χ1) is 14.5. The molecule has 9 heteroatoms. The number of carbonyl (C=O) groups is 2. The fourth-order valence-corrected chi connectivity index (χ4v) is 4.18. The molecule has 1 aliphatic rings. The van der Waals surface area contributed by atoms with Crippen molar-refractivity contribution in [2.45, 2.75) is 25.7 Å². The van der Waals surface area contributed by atoms with Crippen molar-refractivity contribution in [3.63, 3.8) is 0 Å². The van der Waals surface area contributed by atoms with Crippen molar-refractivity contribution in [1.29, 1.82) is 0 Å². The Morgan fingerprint density at radius 1 is 1.10 bits per heavy atom. The Morgan fingerprint density at radius 2 is 1.83 bits per heavy atom. The molecule has 3 aromatic rings. The van der Waals surface area contributed by atoms with Gasteiger partial charge in [-0.05, 0) is 60.6 Å². The summed E-state index contributed by atoms with van der Waals surface area (Å²) in [7, 11) is 0. The minimum atomic E-state index is -1.08. The number of halogens is 1. The van der Waals surface area contributed by atoms with Crippen LogP contribution >= 0.6 is 22.9 Å². The van der Waals surface area contributed by atoms with Gasteiger partial charge < -0.3 is 15.5 Å². The molecule has 2 aromatic heterocycles. The minimum absolute atomic E-state index is 0.296. The van der Waals surface area contributed by atoms with Crippen LogP contribution in [0.1, 0.15) is 24.0 Å². The molecule has 7 nitrogen and oxygen atoms in total. The monoisotopic (exact) mass is 447 g/mol. The van der Waals surface area contributed by atoms with Crippen LogP contribution in [0.15, 0.2) is 41.2 Å². The Hall–Kier alpha value is -2.68. The molecule has 0 aliphatic carbocycles. The highest BCUT2D eigenvalue weighted by atomic mass is 35.5. The molecule has 4 rings (SSSR count). The van der Waals surface area contributed by atoms with Gasteiger partial charge in [0, 0.05) is 10.9 Å². The van der Waals surface area contributed by atoms with Crippen molar-refractivity contribution < 1.29 is 19.8 Å². The number of nitrogens with zero attached hydrogens (tertiary/aromatic N) is 2. The maximum atomic E-state index is 9.64. The fourth-order valence-electron chi connectivity index (χ4n) is 3.28. The van der Waals surface area contributed by atoms with E-state index in [2.05, 4.69) is 33.3 Å². The molecule has 3 N–H and O–H groups in total. The normalized spacial score (nSPS) is 13.0. The molecule has 0 radical (unpaired) electrons. The van der Waals surface area contributed by atoms with Crippen LogP contribution < -0.4 is 5.32 Å². The van der Waals surface area contributed by atoms with Crippen LogP contribution in [0.4, 0.5) is 0 Å². The molecular formula is C21H22ClN3O4S. The van der Waals surface area contributed by atoms with E-state index in [1.54, 1.807) is 11.3 Å². The quantitative estimate of drug-likeness (QED) is 0.548. The molecule has 0 saturated heterocycles. The van der Waals surface area contributed by atoms with Crippen molar-refractivity contribution in [3.8, 4) is 16.9 Å². The molecular weight excluding hydrogens is 426 g/mol. The molecule has 0 atom stereocenters. The zero-order valence-corrected chi connectivity index (χ0v) is 17.7. The number of fused-ring (bicyclic) bond motifs is 1. The van der Waals surface area contributed by atoms with E-state index >= 15 is 0 Å². The third kappa shape index (κ3) is 5.47. The first-order valence-electron chi connectivity index (χ1n) is 9.49. The summed E-state index contributed by atoms with van der Waals surface area (Å²) >= 11 is 8.25. The lowest BCUT2D eigenvalue weighted by atomic mass is 10.0. The van der Waals surface area contributed by atoms with E-state index in [0.29, 0.717) is 0 Å². The first-order valence-corrected chi connectivity index (χ1v) is 10.8. The number of benzene rings is 1. The number of hydrogen-bond donors (Lipinski definition) is 3. The molecule has 1 aromatic carbocycles. The second kappa shape index (κ2) is 10.4. The van der Waals surface area contributed by atoms with Gasteiger partial charge in [0.2, 0.25) is 0 Å². The Morgan fingerprint density at radius 3 is 2.50 bits per heavy atom. The summed E-state index contributed by atoms with van der Waals surface area (Å²) in [6, 6.07) is 8.32. The summed E-state index contributed by atoms with van der Waals surface area (Å²) in [5.74, 6) is -2.15. The summed E-state index contributed by atoms with van der Waals surface area (Å²) in [5, 5.41) is 28.8. The van der Waals surface area contributed by atoms with E-state index in [4.69, 9.17) is 21.8 Å². The highest BCUT2D eigenvalue weighted by Gasteiger charge is 2.19. The second-order valence-electron chi connectivity index (χ2n) is 6.71. The maximum Gasteiger partial charge on any atom is 0.303 e. The van der Waals surface area contributed by atoms with E-state index in [1.165, 1.54) is 16.7 Å². The zero-order chi connectivity index (χ0) is 21.5. The minimum Gasteiger partial charge on any atom is -0.481 e. The summed E-state index contributed by atoms with van der Waals surface area (Å²) in [6.45, 7) is 2.00. The van der Waals surface area contributed by atoms with Crippen LogP contribution in [0.5, 0.6) is 0 Å². The topological polar surface area (TPSA) is 104 Å². The van der Waals surface area contributed by atoms with E-state index in [9.17, 15) is 9.59 Å². The molecule has 0 amide bonds. The van der Waals surface area contributed by atoms with Crippen molar-refractivity contribution in [3.05, 3.63) is 57.4 Å². The number of nitrogens with one attached hydrogen (secondary N) is 1. The highest BCUT2D eigenvalue weighted by Crippen LogP contribution is 2.33. The van der Waals surface area contributed by atoms with Crippen LogP contribution in [0, 0.1) is 0 Å². The SMILES string of the molecule is Clc1ccc2c(c1-n1nccc1-c1ccsc1)CCNCC2.O=C(O)CCC(=O)O. The average molecular weight is 448 g/mol. The van der Waals surface area contributed by atoms with Gasteiger partial charge in [-0.3, -0.25) is 9.59 Å². The molecule has 30 heavy (non-hydrogen) atoms. The standard InChI is InChI=1S/C17H16ClN3S.C4H6O4/c18-15-2-1-12-3-7-19-8-4-14(12)17(15)21-16(5-9-20-21)13-6-10-22-11-13;5-3(6)1-2-4(7)8/h1-2,5-6,9-11,19H,3-4,7-8H2;1-2H2,(H,5,6)(H,7,8). The summed E-state index contributed by atoms with van der Waals surface area (Å²) in [6.07, 6.45) is 3.27. The van der Waals surface area contributed by atoms with E-state index in [-0.39, 0.29) is 12.8 Å². The van der Waals surface area contributed by atoms with E-state index in [1.807, 2.05) is 23.0 Å². The summed E-state index contributed by atoms with van der Waals surface area (Å²) in [5.41, 5.74) is 6.00. The largest absolute Gasteiger partial charge is 0.481 e. The van der Waals surface area contributed by atoms with Gasteiger partial charge in [0.05, 0.1) is 35.4 Å². The number of aromatic nitrogens is 2. The molecule has 0 bridgehead atoms. The smallest absolute Gasteiger partial charge is 0.303 e. The third-order valence-corrected chi connectivity index (χ3v) is 5.67. The third-order valence-electron chi connectivity index (χ3n) is 4.68. The Labute approximate surface area is 182 Å². The van der Waals surface area contributed by atoms with Crippen LogP contribution in [0.25, 0.3) is 16.9 Å². The van der Waals surface area contributed by atoms with Crippen molar-refractivity contribution >= 4 is 34.9 Å². The van der Waals surface area contributed by atoms with Gasteiger partial charge in [-0.1, -0.05) is 17.7 Å². The van der Waals surface area contributed by atoms with Gasteiger partial charge in [0.25, 0.3) is 0 Å². The number of rotatable bonds is 5. The predicted octanol–water partition coefficient (Wildman–Crippen LogP) is 3.88. The lowest BCUT2D eigenvalue weighted by Crippen LogP contribution is -2.16. The predicted molar refractivity (Wildman–Crippen MR) is 117 cm³/mol. The van der Waals surface area contributed by atoms with Gasteiger partial charge in [-0.25, -0.2) is 4.68 Å². The van der Waals surface area contributed by atoms with Crippen LogP contribution in [-0.4, -0.2) is 45.0 Å². The Bertz CT molecular complexity index is 1000. The van der Waals surface area contributed by atoms with Crippen LogP contribution in [0.2, 0.25) is 5.02 Å². The number of thiophene rings is 1. The lowest BCUT2D eigenvalue weighted by Gasteiger charge is -2.16. The van der Waals surface area contributed by atoms with E-state index < -0.39 is 11.9 Å². The summed E-state index contributed by atoms with van der Waals surface area (Å²) < 4.78 is 1.99. The van der Waals surface area contributed by atoms with Gasteiger partial charge in [0.15, 0.2) is 0 Å². The average Bonchev–Trinajstić information content (AvgIpc) is 3.34. The molecule has 0 spiro atoms. The molecule has 0 fully saturated rings. The number of carboxylic acids is 2. The van der Waals surface area contributed by atoms with Gasteiger partial charge >= 0.3 is 11.9 Å². The lowest BCUT2D eigenvalue weighted by molar-refractivity contribution is -0.143. The second-order valence-corrected chi connectivity index (χ2v) is 7.90. The molecule has 0 unspecified atom stereocenters. The Kier molecular flexibility index (Phi) is 7.62. The molecule has 158 valence electrons. The number of aliphatic carboxylic acids is 2. The van der Waals surface area contributed by atoms with Crippen LogP contribution in [0.3, 0.4) is 0 Å². The van der Waals surface area contributed by atoms with Gasteiger partial charge in [-0.15, -0.1) is 0 Å². The Balaban J connectivity index is 0.000000275. The molecule has 3 heterocycles. The molecule has 0 saturated carbocycles. The van der Waals surface area contributed by atoms with Crippen LogP contribution in [-0.2, 0) is 22.4 Å². The number of hydrogen-bond acceptors (Lipinski definition) is 5. The van der Waals surface area contributed by atoms with Gasteiger partial charge in [-0.2, -0.15) is 16.4 Å². The fraction of sp³-hybridized carbons (Fsp3) is 0.286.